The molecule has 1 atom stereocenters. The van der Waals surface area contributed by atoms with Gasteiger partial charge in [-0.2, -0.15) is 0 Å². The Labute approximate surface area is 108 Å². The standard InChI is InChI=1S/C13H12BrNO2/c1-16-8-2-3-12-10(4-8)11-5-9(6-14)17-13(11)7-15-12/h2-4,7,9H,5-6H2,1H3. The molecule has 2 heterocycles. The van der Waals surface area contributed by atoms with Gasteiger partial charge in [0.2, 0.25) is 0 Å². The highest BCUT2D eigenvalue weighted by Gasteiger charge is 2.24. The van der Waals surface area contributed by atoms with Crippen molar-refractivity contribution in [2.45, 2.75) is 12.5 Å². The maximum absolute atomic E-state index is 5.79. The fraction of sp³-hybridized carbons (Fsp3) is 0.308. The summed E-state index contributed by atoms with van der Waals surface area (Å²) < 4.78 is 11.0. The van der Waals surface area contributed by atoms with Crippen LogP contribution in [0.1, 0.15) is 5.56 Å². The molecular formula is C13H12BrNO2. The van der Waals surface area contributed by atoms with Crippen LogP contribution in [0.3, 0.4) is 0 Å². The maximum atomic E-state index is 5.79. The summed E-state index contributed by atoms with van der Waals surface area (Å²) >= 11 is 3.46. The molecule has 0 saturated heterocycles. The normalized spacial score (nSPS) is 17.9. The monoisotopic (exact) mass is 293 g/mol. The molecule has 0 N–H and O–H groups in total. The zero-order chi connectivity index (χ0) is 11.8. The first-order chi connectivity index (χ1) is 8.31. The van der Waals surface area contributed by atoms with Crippen LogP contribution in [0, 0.1) is 0 Å². The Kier molecular flexibility index (Phi) is 2.67. The summed E-state index contributed by atoms with van der Waals surface area (Å²) in [6, 6.07) is 5.94. The number of fused-ring (bicyclic) bond motifs is 3. The molecule has 1 aliphatic heterocycles. The zero-order valence-electron chi connectivity index (χ0n) is 9.44. The number of pyridine rings is 1. The van der Waals surface area contributed by atoms with Crippen LogP contribution in [-0.4, -0.2) is 23.5 Å². The smallest absolute Gasteiger partial charge is 0.142 e. The first-order valence-electron chi connectivity index (χ1n) is 5.50. The van der Waals surface area contributed by atoms with Crippen molar-refractivity contribution >= 4 is 26.8 Å². The Morgan fingerprint density at radius 2 is 2.41 bits per heavy atom. The molecule has 2 aromatic rings. The van der Waals surface area contributed by atoms with Gasteiger partial charge in [-0.1, -0.05) is 15.9 Å². The molecule has 1 aromatic heterocycles. The van der Waals surface area contributed by atoms with Gasteiger partial charge in [-0.05, 0) is 18.2 Å². The molecule has 4 heteroatoms. The number of aromatic nitrogens is 1. The first kappa shape index (κ1) is 10.8. The van der Waals surface area contributed by atoms with E-state index in [2.05, 4.69) is 20.9 Å². The molecule has 88 valence electrons. The van der Waals surface area contributed by atoms with Crippen molar-refractivity contribution in [1.82, 2.24) is 4.98 Å². The largest absolute Gasteiger partial charge is 0.497 e. The second-order valence-electron chi connectivity index (χ2n) is 4.08. The Morgan fingerprint density at radius 1 is 1.53 bits per heavy atom. The van der Waals surface area contributed by atoms with E-state index in [1.807, 2.05) is 24.4 Å². The summed E-state index contributed by atoms with van der Waals surface area (Å²) in [5, 5.41) is 1.97. The Hall–Kier alpha value is -1.29. The highest BCUT2D eigenvalue weighted by Crippen LogP contribution is 2.35. The second kappa shape index (κ2) is 4.18. The Bertz CT molecular complexity index is 571. The molecule has 0 bridgehead atoms. The highest BCUT2D eigenvalue weighted by molar-refractivity contribution is 9.09. The lowest BCUT2D eigenvalue weighted by molar-refractivity contribution is 0.260. The number of alkyl halides is 1. The Balaban J connectivity index is 2.18. The lowest BCUT2D eigenvalue weighted by Gasteiger charge is -2.05. The third kappa shape index (κ3) is 1.76. The van der Waals surface area contributed by atoms with Gasteiger partial charge in [0.15, 0.2) is 0 Å². The van der Waals surface area contributed by atoms with E-state index >= 15 is 0 Å². The third-order valence-corrected chi connectivity index (χ3v) is 3.77. The molecule has 0 amide bonds. The van der Waals surface area contributed by atoms with Crippen LogP contribution in [0.25, 0.3) is 10.9 Å². The van der Waals surface area contributed by atoms with Crippen molar-refractivity contribution in [2.75, 3.05) is 12.4 Å². The predicted molar refractivity (Wildman–Crippen MR) is 70.2 cm³/mol. The molecule has 1 aromatic carbocycles. The van der Waals surface area contributed by atoms with Gasteiger partial charge < -0.3 is 9.47 Å². The number of methoxy groups -OCH3 is 1. The molecule has 1 unspecified atom stereocenters. The summed E-state index contributed by atoms with van der Waals surface area (Å²) in [5.74, 6) is 1.75. The van der Waals surface area contributed by atoms with Gasteiger partial charge >= 0.3 is 0 Å². The van der Waals surface area contributed by atoms with Gasteiger partial charge in [-0.25, -0.2) is 0 Å². The summed E-state index contributed by atoms with van der Waals surface area (Å²) in [6.07, 6.45) is 2.95. The number of hydrogen-bond acceptors (Lipinski definition) is 3. The van der Waals surface area contributed by atoms with Crippen LogP contribution >= 0.6 is 15.9 Å². The molecule has 0 fully saturated rings. The van der Waals surface area contributed by atoms with Crippen LogP contribution < -0.4 is 9.47 Å². The first-order valence-corrected chi connectivity index (χ1v) is 6.62. The van der Waals surface area contributed by atoms with Crippen molar-refractivity contribution < 1.29 is 9.47 Å². The van der Waals surface area contributed by atoms with E-state index in [-0.39, 0.29) is 6.10 Å². The average Bonchev–Trinajstić information content (AvgIpc) is 2.81. The SMILES string of the molecule is COc1ccc2ncc3c(c2c1)CC(CBr)O3. The van der Waals surface area contributed by atoms with E-state index in [1.165, 1.54) is 5.56 Å². The van der Waals surface area contributed by atoms with Gasteiger partial charge in [0, 0.05) is 22.7 Å². The summed E-state index contributed by atoms with van der Waals surface area (Å²) in [4.78, 5) is 4.40. The van der Waals surface area contributed by atoms with Crippen molar-refractivity contribution in [3.05, 3.63) is 30.0 Å². The number of hydrogen-bond donors (Lipinski definition) is 0. The predicted octanol–water partition coefficient (Wildman–Crippen LogP) is 2.94. The Morgan fingerprint density at radius 3 is 3.18 bits per heavy atom. The van der Waals surface area contributed by atoms with Crippen molar-refractivity contribution in [3.63, 3.8) is 0 Å². The third-order valence-electron chi connectivity index (χ3n) is 3.04. The van der Waals surface area contributed by atoms with Crippen LogP contribution in [-0.2, 0) is 6.42 Å². The van der Waals surface area contributed by atoms with Crippen LogP contribution in [0.5, 0.6) is 11.5 Å². The van der Waals surface area contributed by atoms with Gasteiger partial charge in [0.25, 0.3) is 0 Å². The average molecular weight is 294 g/mol. The van der Waals surface area contributed by atoms with E-state index in [0.717, 1.165) is 34.2 Å². The van der Waals surface area contributed by atoms with Crippen molar-refractivity contribution in [1.29, 1.82) is 0 Å². The van der Waals surface area contributed by atoms with Crippen LogP contribution in [0.15, 0.2) is 24.4 Å². The number of rotatable bonds is 2. The van der Waals surface area contributed by atoms with Crippen LogP contribution in [0.2, 0.25) is 0 Å². The quantitative estimate of drug-likeness (QED) is 0.798. The van der Waals surface area contributed by atoms with Crippen molar-refractivity contribution in [2.24, 2.45) is 0 Å². The fourth-order valence-corrected chi connectivity index (χ4v) is 2.54. The molecule has 0 saturated carbocycles. The molecule has 17 heavy (non-hydrogen) atoms. The summed E-state index contributed by atoms with van der Waals surface area (Å²) in [7, 11) is 1.68. The lowest BCUT2D eigenvalue weighted by Crippen LogP contribution is -2.13. The van der Waals surface area contributed by atoms with Crippen LogP contribution in [0.4, 0.5) is 0 Å². The van der Waals surface area contributed by atoms with E-state index < -0.39 is 0 Å². The van der Waals surface area contributed by atoms with E-state index in [1.54, 1.807) is 7.11 Å². The van der Waals surface area contributed by atoms with E-state index in [0.29, 0.717) is 0 Å². The lowest BCUT2D eigenvalue weighted by atomic mass is 10.1. The van der Waals surface area contributed by atoms with Crippen molar-refractivity contribution in [3.8, 4) is 11.5 Å². The molecule has 3 rings (SSSR count). The minimum Gasteiger partial charge on any atom is -0.497 e. The second-order valence-corrected chi connectivity index (χ2v) is 4.73. The van der Waals surface area contributed by atoms with Gasteiger partial charge in [-0.3, -0.25) is 4.98 Å². The van der Waals surface area contributed by atoms with Gasteiger partial charge in [-0.15, -0.1) is 0 Å². The van der Waals surface area contributed by atoms with Gasteiger partial charge in [0.05, 0.1) is 18.8 Å². The summed E-state index contributed by atoms with van der Waals surface area (Å²) in [6.45, 7) is 0. The number of ether oxygens (including phenoxy) is 2. The fourth-order valence-electron chi connectivity index (χ4n) is 2.18. The maximum Gasteiger partial charge on any atom is 0.142 e. The van der Waals surface area contributed by atoms with E-state index in [4.69, 9.17) is 9.47 Å². The molecule has 1 aliphatic rings. The minimum absolute atomic E-state index is 0.212. The van der Waals surface area contributed by atoms with E-state index in [9.17, 15) is 0 Å². The summed E-state index contributed by atoms with van der Waals surface area (Å²) in [5.41, 5.74) is 2.22. The number of nitrogens with zero attached hydrogens (tertiary/aromatic N) is 1. The van der Waals surface area contributed by atoms with Gasteiger partial charge in [0.1, 0.15) is 17.6 Å². The molecule has 0 spiro atoms. The number of halogens is 1. The topological polar surface area (TPSA) is 31.4 Å². The highest BCUT2D eigenvalue weighted by atomic mass is 79.9. The molecule has 0 radical (unpaired) electrons. The molecule has 3 nitrogen and oxygen atoms in total. The minimum atomic E-state index is 0.212. The number of benzene rings is 1. The zero-order valence-corrected chi connectivity index (χ0v) is 11.0. The molecular weight excluding hydrogens is 282 g/mol. The molecule has 0 aliphatic carbocycles.